The zero-order chi connectivity index (χ0) is 14.4. The van der Waals surface area contributed by atoms with Crippen LogP contribution in [-0.2, 0) is 9.53 Å². The molecule has 0 radical (unpaired) electrons. The van der Waals surface area contributed by atoms with Gasteiger partial charge in [-0.25, -0.2) is 0 Å². The van der Waals surface area contributed by atoms with E-state index in [1.54, 1.807) is 12.0 Å². The Balaban J connectivity index is 1.85. The number of piperidine rings is 1. The standard InChI is InChI=1S/C15H28N2O3/c1-20-11-10-17-9-5-8-15(19,14(17)18)12-16-13-6-3-2-4-7-13/h13,16,19H,2-12H2,1H3/t15-/m1/s1. The Bertz CT molecular complexity index is 318. The van der Waals surface area contributed by atoms with Crippen molar-refractivity contribution in [3.63, 3.8) is 0 Å². The molecule has 5 heteroatoms. The first-order valence-electron chi connectivity index (χ1n) is 7.90. The monoisotopic (exact) mass is 284 g/mol. The predicted molar refractivity (Wildman–Crippen MR) is 77.5 cm³/mol. The SMILES string of the molecule is COCCN1CCC[C@@](O)(CNC2CCCCC2)C1=O. The van der Waals surface area contributed by atoms with Crippen LogP contribution in [0.25, 0.3) is 0 Å². The van der Waals surface area contributed by atoms with Gasteiger partial charge in [0.25, 0.3) is 5.91 Å². The van der Waals surface area contributed by atoms with Crippen molar-refractivity contribution in [2.24, 2.45) is 0 Å². The van der Waals surface area contributed by atoms with E-state index in [4.69, 9.17) is 4.74 Å². The number of aliphatic hydroxyl groups is 1. The van der Waals surface area contributed by atoms with E-state index in [-0.39, 0.29) is 5.91 Å². The van der Waals surface area contributed by atoms with Gasteiger partial charge in [0.2, 0.25) is 0 Å². The molecule has 1 amide bonds. The van der Waals surface area contributed by atoms with Gasteiger partial charge in [-0.2, -0.15) is 0 Å². The number of carbonyl (C=O) groups excluding carboxylic acids is 1. The Hall–Kier alpha value is -0.650. The zero-order valence-corrected chi connectivity index (χ0v) is 12.6. The maximum absolute atomic E-state index is 12.4. The molecule has 1 aliphatic heterocycles. The molecule has 20 heavy (non-hydrogen) atoms. The number of amides is 1. The summed E-state index contributed by atoms with van der Waals surface area (Å²) in [6.45, 7) is 2.22. The van der Waals surface area contributed by atoms with E-state index < -0.39 is 5.60 Å². The number of hydrogen-bond acceptors (Lipinski definition) is 4. The lowest BCUT2D eigenvalue weighted by Gasteiger charge is -2.39. The lowest BCUT2D eigenvalue weighted by molar-refractivity contribution is -0.157. The maximum atomic E-state index is 12.4. The number of carbonyl (C=O) groups is 1. The molecule has 1 saturated heterocycles. The lowest BCUT2D eigenvalue weighted by Crippen LogP contribution is -2.59. The smallest absolute Gasteiger partial charge is 0.255 e. The number of nitrogens with one attached hydrogen (secondary N) is 1. The molecule has 2 fully saturated rings. The zero-order valence-electron chi connectivity index (χ0n) is 12.6. The van der Waals surface area contributed by atoms with Crippen LogP contribution in [0.1, 0.15) is 44.9 Å². The van der Waals surface area contributed by atoms with Gasteiger partial charge in [0.05, 0.1) is 6.61 Å². The minimum Gasteiger partial charge on any atom is -0.383 e. The van der Waals surface area contributed by atoms with Crippen LogP contribution in [0, 0.1) is 0 Å². The third-order valence-corrected chi connectivity index (χ3v) is 4.56. The summed E-state index contributed by atoms with van der Waals surface area (Å²) in [6.07, 6.45) is 7.57. The summed E-state index contributed by atoms with van der Waals surface area (Å²) in [5.41, 5.74) is -1.22. The van der Waals surface area contributed by atoms with E-state index in [0.717, 1.165) is 25.8 Å². The molecule has 0 aromatic rings. The summed E-state index contributed by atoms with van der Waals surface area (Å²) in [5.74, 6) is -0.135. The Morgan fingerprint density at radius 2 is 2.10 bits per heavy atom. The molecule has 1 heterocycles. The molecule has 0 spiro atoms. The molecule has 2 N–H and O–H groups in total. The highest BCUT2D eigenvalue weighted by Gasteiger charge is 2.42. The minimum atomic E-state index is -1.22. The van der Waals surface area contributed by atoms with Crippen molar-refractivity contribution >= 4 is 5.91 Å². The molecule has 0 bridgehead atoms. The van der Waals surface area contributed by atoms with Gasteiger partial charge >= 0.3 is 0 Å². The number of ether oxygens (including phenoxy) is 1. The van der Waals surface area contributed by atoms with Crippen molar-refractivity contribution in [3.8, 4) is 0 Å². The largest absolute Gasteiger partial charge is 0.383 e. The first kappa shape index (κ1) is 15.7. The van der Waals surface area contributed by atoms with Crippen LogP contribution in [0.15, 0.2) is 0 Å². The van der Waals surface area contributed by atoms with Crippen LogP contribution in [0.5, 0.6) is 0 Å². The number of nitrogens with zero attached hydrogens (tertiary/aromatic N) is 1. The molecule has 0 aromatic carbocycles. The topological polar surface area (TPSA) is 61.8 Å². The van der Waals surface area contributed by atoms with Crippen molar-refractivity contribution in [2.45, 2.75) is 56.6 Å². The van der Waals surface area contributed by atoms with Crippen molar-refractivity contribution in [2.75, 3.05) is 33.4 Å². The summed E-state index contributed by atoms with van der Waals surface area (Å²) < 4.78 is 5.03. The van der Waals surface area contributed by atoms with Crippen molar-refractivity contribution in [3.05, 3.63) is 0 Å². The van der Waals surface area contributed by atoms with Crippen molar-refractivity contribution in [1.29, 1.82) is 0 Å². The van der Waals surface area contributed by atoms with Gasteiger partial charge in [0, 0.05) is 32.8 Å². The second-order valence-corrected chi connectivity index (χ2v) is 6.14. The van der Waals surface area contributed by atoms with E-state index in [0.29, 0.717) is 32.2 Å². The van der Waals surface area contributed by atoms with E-state index in [1.807, 2.05) is 0 Å². The Kier molecular flexibility index (Phi) is 5.81. The molecule has 116 valence electrons. The maximum Gasteiger partial charge on any atom is 0.255 e. The highest BCUT2D eigenvalue weighted by atomic mass is 16.5. The summed E-state index contributed by atoms with van der Waals surface area (Å²) in [7, 11) is 1.63. The quantitative estimate of drug-likeness (QED) is 0.761. The molecule has 2 aliphatic rings. The normalized spacial score (nSPS) is 28.9. The number of hydrogen-bond donors (Lipinski definition) is 2. The number of likely N-dealkylation sites (tertiary alicyclic amines) is 1. The van der Waals surface area contributed by atoms with E-state index in [9.17, 15) is 9.90 Å². The Morgan fingerprint density at radius 3 is 2.80 bits per heavy atom. The van der Waals surface area contributed by atoms with Crippen LogP contribution in [0.3, 0.4) is 0 Å². The van der Waals surface area contributed by atoms with Gasteiger partial charge in [-0.15, -0.1) is 0 Å². The first-order chi connectivity index (χ1) is 9.65. The molecule has 1 saturated carbocycles. The van der Waals surface area contributed by atoms with Crippen LogP contribution in [0.2, 0.25) is 0 Å². The highest BCUT2D eigenvalue weighted by molar-refractivity contribution is 5.86. The van der Waals surface area contributed by atoms with Crippen molar-refractivity contribution in [1.82, 2.24) is 10.2 Å². The van der Waals surface area contributed by atoms with Crippen LogP contribution in [-0.4, -0.2) is 60.9 Å². The first-order valence-corrected chi connectivity index (χ1v) is 7.90. The van der Waals surface area contributed by atoms with Gasteiger partial charge in [-0.05, 0) is 25.7 Å². The molecule has 0 aromatic heterocycles. The summed E-state index contributed by atoms with van der Waals surface area (Å²) in [5, 5.41) is 14.1. The number of methoxy groups -OCH3 is 1. The number of rotatable bonds is 6. The second kappa shape index (κ2) is 7.38. The van der Waals surface area contributed by atoms with Gasteiger partial charge in [0.15, 0.2) is 5.60 Å². The van der Waals surface area contributed by atoms with Gasteiger partial charge < -0.3 is 20.1 Å². The van der Waals surface area contributed by atoms with Crippen molar-refractivity contribution < 1.29 is 14.6 Å². The van der Waals surface area contributed by atoms with Crippen LogP contribution < -0.4 is 5.32 Å². The van der Waals surface area contributed by atoms with E-state index in [1.165, 1.54) is 19.3 Å². The lowest BCUT2D eigenvalue weighted by atomic mass is 9.90. The molecular formula is C15H28N2O3. The summed E-state index contributed by atoms with van der Waals surface area (Å²) in [4.78, 5) is 14.1. The molecule has 5 nitrogen and oxygen atoms in total. The molecule has 1 atom stereocenters. The Labute approximate surface area is 121 Å². The minimum absolute atomic E-state index is 0.135. The highest BCUT2D eigenvalue weighted by Crippen LogP contribution is 2.23. The van der Waals surface area contributed by atoms with Gasteiger partial charge in [0.1, 0.15) is 0 Å². The van der Waals surface area contributed by atoms with E-state index >= 15 is 0 Å². The van der Waals surface area contributed by atoms with Gasteiger partial charge in [-0.3, -0.25) is 4.79 Å². The summed E-state index contributed by atoms with van der Waals surface area (Å²) >= 11 is 0. The van der Waals surface area contributed by atoms with Gasteiger partial charge in [-0.1, -0.05) is 19.3 Å². The predicted octanol–water partition coefficient (Wildman–Crippen LogP) is 0.909. The fourth-order valence-corrected chi connectivity index (χ4v) is 3.26. The van der Waals surface area contributed by atoms with E-state index in [2.05, 4.69) is 5.32 Å². The van der Waals surface area contributed by atoms with Crippen LogP contribution >= 0.6 is 0 Å². The fraction of sp³-hybridized carbons (Fsp3) is 0.933. The van der Waals surface area contributed by atoms with Crippen LogP contribution in [0.4, 0.5) is 0 Å². The Morgan fingerprint density at radius 1 is 1.35 bits per heavy atom. The fourth-order valence-electron chi connectivity index (χ4n) is 3.26. The molecular weight excluding hydrogens is 256 g/mol. The third kappa shape index (κ3) is 3.93. The molecule has 0 unspecified atom stereocenters. The third-order valence-electron chi connectivity index (χ3n) is 4.56. The summed E-state index contributed by atoms with van der Waals surface area (Å²) in [6, 6.07) is 0.468. The molecule has 2 rings (SSSR count). The average molecular weight is 284 g/mol. The average Bonchev–Trinajstić information content (AvgIpc) is 2.48. The second-order valence-electron chi connectivity index (χ2n) is 6.14. The molecule has 1 aliphatic carbocycles.